The van der Waals surface area contributed by atoms with Gasteiger partial charge in [-0.05, 0) is 12.8 Å². The van der Waals surface area contributed by atoms with Crippen molar-refractivity contribution in [1.82, 2.24) is 5.32 Å². The molecular weight excluding hydrogens is 852 g/mol. The Morgan fingerprint density at radius 1 is 0.463 bits per heavy atom. The van der Waals surface area contributed by atoms with Crippen molar-refractivity contribution in [3.63, 3.8) is 0 Å². The molecule has 1 amide bonds. The van der Waals surface area contributed by atoms with E-state index in [9.17, 15) is 19.4 Å². The van der Waals surface area contributed by atoms with Gasteiger partial charge in [-0.3, -0.25) is 9.36 Å². The standard InChI is InChI=1S/C58H119N2O6P/c1-6-8-10-12-14-16-18-19-20-21-22-23-24-25-26-27-28-29-30-31-32-33-34-35-36-37-38-39-40-42-44-46-48-50-52-58(62)59-56(55-66-67(63,64)65-54-53-60(3,4)5)57(61)51-49-47-45-43-41-17-15-13-11-9-7-2/h56-57,61H,6-55H2,1-5H3,(H-,59,62,63,64)/t56-,57+/m0/s1. The molecule has 9 heteroatoms. The number of phosphoric acid groups is 1. The van der Waals surface area contributed by atoms with Gasteiger partial charge in [-0.15, -0.1) is 0 Å². The van der Waals surface area contributed by atoms with Gasteiger partial charge in [0.05, 0.1) is 39.9 Å². The summed E-state index contributed by atoms with van der Waals surface area (Å²) in [4.78, 5) is 25.4. The van der Waals surface area contributed by atoms with E-state index < -0.39 is 20.0 Å². The number of likely N-dealkylation sites (N-methyl/N-ethyl adjacent to an activating group) is 1. The fourth-order valence-corrected chi connectivity index (χ4v) is 10.1. The average Bonchev–Trinajstić information content (AvgIpc) is 3.29. The van der Waals surface area contributed by atoms with Crippen molar-refractivity contribution in [2.24, 2.45) is 0 Å². The summed E-state index contributed by atoms with van der Waals surface area (Å²) in [6, 6.07) is -0.794. The third kappa shape index (κ3) is 53.1. The summed E-state index contributed by atoms with van der Waals surface area (Å²) in [5.41, 5.74) is 0. The van der Waals surface area contributed by atoms with E-state index in [-0.39, 0.29) is 19.1 Å². The molecule has 0 saturated carbocycles. The molecule has 8 nitrogen and oxygen atoms in total. The van der Waals surface area contributed by atoms with Gasteiger partial charge in [0, 0.05) is 6.42 Å². The van der Waals surface area contributed by atoms with Crippen molar-refractivity contribution in [3.8, 4) is 0 Å². The maximum Gasteiger partial charge on any atom is 0.268 e. The SMILES string of the molecule is CCCCCCCCCCCCCCCCCCCCCCCCCCCCCCCCCCCCC(=O)N[C@@H](COP(=O)([O-])OCC[N+](C)(C)C)[C@H](O)CCCCCCCCCCCCC. The molecule has 0 rings (SSSR count). The van der Waals surface area contributed by atoms with Crippen LogP contribution in [0, 0.1) is 0 Å². The molecule has 67 heavy (non-hydrogen) atoms. The van der Waals surface area contributed by atoms with E-state index in [2.05, 4.69) is 19.2 Å². The third-order valence-corrected chi connectivity index (χ3v) is 15.1. The zero-order valence-electron chi connectivity index (χ0n) is 45.9. The molecule has 0 aliphatic rings. The van der Waals surface area contributed by atoms with Crippen LogP contribution in [0.4, 0.5) is 0 Å². The van der Waals surface area contributed by atoms with Crippen LogP contribution < -0.4 is 10.2 Å². The number of aliphatic hydroxyl groups is 1. The molecule has 1 unspecified atom stereocenters. The zero-order valence-corrected chi connectivity index (χ0v) is 46.8. The maximum atomic E-state index is 12.9. The number of amides is 1. The van der Waals surface area contributed by atoms with Crippen LogP contribution in [0.3, 0.4) is 0 Å². The minimum Gasteiger partial charge on any atom is -0.756 e. The Bertz CT molecular complexity index is 1060. The quantitative estimate of drug-likeness (QED) is 0.0357. The van der Waals surface area contributed by atoms with Crippen molar-refractivity contribution in [2.75, 3.05) is 40.9 Å². The number of hydrogen-bond acceptors (Lipinski definition) is 6. The first-order valence-electron chi connectivity index (χ1n) is 29.9. The molecule has 0 aromatic carbocycles. The minimum absolute atomic E-state index is 0.0162. The largest absolute Gasteiger partial charge is 0.756 e. The summed E-state index contributed by atoms with van der Waals surface area (Å²) >= 11 is 0. The molecule has 3 atom stereocenters. The van der Waals surface area contributed by atoms with E-state index >= 15 is 0 Å². The predicted octanol–water partition coefficient (Wildman–Crippen LogP) is 17.4. The van der Waals surface area contributed by atoms with Gasteiger partial charge >= 0.3 is 0 Å². The van der Waals surface area contributed by atoms with Gasteiger partial charge in [-0.2, -0.15) is 0 Å². The fraction of sp³-hybridized carbons (Fsp3) is 0.983. The number of hydrogen-bond donors (Lipinski definition) is 2. The Hall–Kier alpha value is -0.500. The van der Waals surface area contributed by atoms with Crippen LogP contribution in [0.5, 0.6) is 0 Å². The van der Waals surface area contributed by atoms with Crippen LogP contribution in [0.2, 0.25) is 0 Å². The predicted molar refractivity (Wildman–Crippen MR) is 289 cm³/mol. The number of rotatable bonds is 56. The van der Waals surface area contributed by atoms with Gasteiger partial charge in [0.15, 0.2) is 0 Å². The molecule has 0 aromatic rings. The third-order valence-electron chi connectivity index (χ3n) is 14.1. The van der Waals surface area contributed by atoms with E-state index in [1.807, 2.05) is 21.1 Å². The molecule has 0 saturated heterocycles. The summed E-state index contributed by atoms with van der Waals surface area (Å²) in [5.74, 6) is -0.158. The molecular formula is C58H119N2O6P. The number of aliphatic hydroxyl groups excluding tert-OH is 1. The van der Waals surface area contributed by atoms with E-state index in [0.29, 0.717) is 23.9 Å². The Kier molecular flexibility index (Phi) is 50.1. The highest BCUT2D eigenvalue weighted by Crippen LogP contribution is 2.38. The van der Waals surface area contributed by atoms with Crippen molar-refractivity contribution in [2.45, 2.75) is 328 Å². The monoisotopic (exact) mass is 971 g/mol. The van der Waals surface area contributed by atoms with E-state index in [0.717, 1.165) is 38.5 Å². The second kappa shape index (κ2) is 50.4. The number of carbonyl (C=O) groups is 1. The molecule has 0 bridgehead atoms. The number of phosphoric ester groups is 1. The van der Waals surface area contributed by atoms with Crippen LogP contribution in [-0.2, 0) is 18.4 Å². The molecule has 0 aromatic heterocycles. The Morgan fingerprint density at radius 2 is 0.731 bits per heavy atom. The molecule has 0 aliphatic carbocycles. The second-order valence-corrected chi connectivity index (χ2v) is 23.5. The number of nitrogens with zero attached hydrogens (tertiary/aromatic N) is 1. The van der Waals surface area contributed by atoms with Gasteiger partial charge < -0.3 is 28.8 Å². The number of unbranched alkanes of at least 4 members (excludes halogenated alkanes) is 43. The smallest absolute Gasteiger partial charge is 0.268 e. The fourth-order valence-electron chi connectivity index (χ4n) is 9.40. The number of nitrogens with one attached hydrogen (secondary N) is 1. The topological polar surface area (TPSA) is 108 Å². The van der Waals surface area contributed by atoms with Crippen molar-refractivity contribution >= 4 is 13.7 Å². The van der Waals surface area contributed by atoms with Gasteiger partial charge in [-0.1, -0.05) is 296 Å². The number of quaternary nitrogens is 1. The van der Waals surface area contributed by atoms with Crippen LogP contribution in [0.15, 0.2) is 0 Å². The van der Waals surface area contributed by atoms with Crippen molar-refractivity contribution in [3.05, 3.63) is 0 Å². The highest BCUT2D eigenvalue weighted by Gasteiger charge is 2.24. The first-order valence-corrected chi connectivity index (χ1v) is 31.3. The lowest BCUT2D eigenvalue weighted by Crippen LogP contribution is -2.46. The van der Waals surface area contributed by atoms with Crippen molar-refractivity contribution < 1.29 is 32.9 Å². The molecule has 0 radical (unpaired) electrons. The Balaban J connectivity index is 3.85. The van der Waals surface area contributed by atoms with Crippen LogP contribution in [0.25, 0.3) is 0 Å². The molecule has 0 spiro atoms. The Morgan fingerprint density at radius 3 is 1.01 bits per heavy atom. The van der Waals surface area contributed by atoms with E-state index in [1.54, 1.807) is 0 Å². The molecule has 0 aliphatic heterocycles. The zero-order chi connectivity index (χ0) is 49.2. The number of carbonyl (C=O) groups excluding carboxylic acids is 1. The summed E-state index contributed by atoms with van der Waals surface area (Å²) in [6.45, 7) is 4.75. The van der Waals surface area contributed by atoms with Gasteiger partial charge in [0.25, 0.3) is 7.82 Å². The lowest BCUT2D eigenvalue weighted by atomic mass is 10.0. The summed E-state index contributed by atoms with van der Waals surface area (Å²) in [7, 11) is 1.32. The highest BCUT2D eigenvalue weighted by molar-refractivity contribution is 7.45. The Labute approximate surface area is 419 Å². The summed E-state index contributed by atoms with van der Waals surface area (Å²) < 4.78 is 23.3. The molecule has 0 fully saturated rings. The second-order valence-electron chi connectivity index (χ2n) is 22.1. The molecule has 402 valence electrons. The van der Waals surface area contributed by atoms with Crippen LogP contribution in [-0.4, -0.2) is 68.5 Å². The maximum absolute atomic E-state index is 12.9. The van der Waals surface area contributed by atoms with Crippen LogP contribution >= 0.6 is 7.82 Å². The van der Waals surface area contributed by atoms with E-state index in [4.69, 9.17) is 9.05 Å². The average molecular weight is 972 g/mol. The van der Waals surface area contributed by atoms with Gasteiger partial charge in [0.1, 0.15) is 13.2 Å². The van der Waals surface area contributed by atoms with Crippen LogP contribution in [0.1, 0.15) is 316 Å². The first kappa shape index (κ1) is 66.5. The van der Waals surface area contributed by atoms with E-state index in [1.165, 1.54) is 250 Å². The molecule has 0 heterocycles. The minimum atomic E-state index is -4.56. The molecule has 2 N–H and O–H groups in total. The first-order chi connectivity index (χ1) is 32.5. The van der Waals surface area contributed by atoms with Gasteiger partial charge in [-0.25, -0.2) is 0 Å². The summed E-state index contributed by atoms with van der Waals surface area (Å²) in [6.07, 6.45) is 60.3. The van der Waals surface area contributed by atoms with Crippen molar-refractivity contribution in [1.29, 1.82) is 0 Å². The van der Waals surface area contributed by atoms with Gasteiger partial charge in [0.2, 0.25) is 5.91 Å². The highest BCUT2D eigenvalue weighted by atomic mass is 31.2. The summed E-state index contributed by atoms with van der Waals surface area (Å²) in [5, 5.41) is 14.0. The lowest BCUT2D eigenvalue weighted by molar-refractivity contribution is -0.870. The normalized spacial score (nSPS) is 13.8. The lowest BCUT2D eigenvalue weighted by Gasteiger charge is -2.30.